The zero-order chi connectivity index (χ0) is 11.4. The lowest BCUT2D eigenvalue weighted by Crippen LogP contribution is -1.79. The smallest absolute Gasteiger partial charge is 0.151 e. The van der Waals surface area contributed by atoms with Crippen molar-refractivity contribution in [3.8, 4) is 23.6 Å². The molecule has 80 valence electrons. The van der Waals surface area contributed by atoms with E-state index in [2.05, 4.69) is 47.5 Å². The number of thiazole rings is 1. The molecule has 2 rings (SSSR count). The topological polar surface area (TPSA) is 12.9 Å². The third kappa shape index (κ3) is 2.66. The Bertz CT molecular complexity index is 505. The first kappa shape index (κ1) is 11.3. The van der Waals surface area contributed by atoms with Gasteiger partial charge in [0.25, 0.3) is 0 Å². The van der Waals surface area contributed by atoms with Gasteiger partial charge in [0.1, 0.15) is 0 Å². The van der Waals surface area contributed by atoms with Crippen molar-refractivity contribution in [3.63, 3.8) is 0 Å². The Morgan fingerprint density at radius 2 is 2.12 bits per heavy atom. The minimum Gasteiger partial charge on any atom is -0.230 e. The Morgan fingerprint density at radius 3 is 2.81 bits per heavy atom. The molecule has 3 heteroatoms. The number of rotatable bonds is 3. The van der Waals surface area contributed by atoms with Gasteiger partial charge in [-0.1, -0.05) is 47.5 Å². The standard InChI is InChI=1S/C13H11NS2/c1-3-8-15-13-14-12(9-16-13)11-6-4-10(2)5-7-11/h1,4-7,9H,8H2,2H3. The Labute approximate surface area is 104 Å². The average Bonchev–Trinajstić information content (AvgIpc) is 2.76. The molecule has 0 atom stereocenters. The monoisotopic (exact) mass is 245 g/mol. The second-order valence-electron chi connectivity index (χ2n) is 3.36. The lowest BCUT2D eigenvalue weighted by Gasteiger charge is -1.96. The van der Waals surface area contributed by atoms with E-state index in [0.29, 0.717) is 5.75 Å². The number of hydrogen-bond donors (Lipinski definition) is 0. The van der Waals surface area contributed by atoms with Crippen molar-refractivity contribution in [1.82, 2.24) is 4.98 Å². The second kappa shape index (κ2) is 5.20. The molecule has 1 aromatic heterocycles. The molecule has 1 aromatic carbocycles. The fraction of sp³-hybridized carbons (Fsp3) is 0.154. The molecule has 0 aliphatic heterocycles. The van der Waals surface area contributed by atoms with Crippen molar-refractivity contribution in [2.24, 2.45) is 0 Å². The fourth-order valence-corrected chi connectivity index (χ4v) is 2.80. The molecule has 0 bridgehead atoms. The maximum Gasteiger partial charge on any atom is 0.151 e. The average molecular weight is 245 g/mol. The molecule has 0 aliphatic carbocycles. The molecule has 0 amide bonds. The Hall–Kier alpha value is -1.24. The second-order valence-corrected chi connectivity index (χ2v) is 5.44. The Kier molecular flexibility index (Phi) is 3.66. The van der Waals surface area contributed by atoms with Gasteiger partial charge in [-0.3, -0.25) is 0 Å². The van der Waals surface area contributed by atoms with Crippen LogP contribution in [0.4, 0.5) is 0 Å². The van der Waals surface area contributed by atoms with E-state index in [1.54, 1.807) is 23.1 Å². The van der Waals surface area contributed by atoms with Crippen molar-refractivity contribution < 1.29 is 0 Å². The number of nitrogens with zero attached hydrogens (tertiary/aromatic N) is 1. The number of terminal acetylenes is 1. The molecule has 0 spiro atoms. The van der Waals surface area contributed by atoms with Gasteiger partial charge in [0.2, 0.25) is 0 Å². The molecule has 0 aliphatic rings. The van der Waals surface area contributed by atoms with Crippen LogP contribution in [0.2, 0.25) is 0 Å². The van der Waals surface area contributed by atoms with Crippen molar-refractivity contribution in [2.45, 2.75) is 11.3 Å². The van der Waals surface area contributed by atoms with Gasteiger partial charge in [0, 0.05) is 10.9 Å². The molecule has 16 heavy (non-hydrogen) atoms. The number of thioether (sulfide) groups is 1. The van der Waals surface area contributed by atoms with Crippen LogP contribution in [0.1, 0.15) is 5.56 Å². The van der Waals surface area contributed by atoms with Gasteiger partial charge in [-0.25, -0.2) is 4.98 Å². The van der Waals surface area contributed by atoms with E-state index in [0.717, 1.165) is 15.6 Å². The molecule has 2 aromatic rings. The van der Waals surface area contributed by atoms with Gasteiger partial charge in [0.15, 0.2) is 4.34 Å². The molecule has 1 heterocycles. The first-order chi connectivity index (χ1) is 7.79. The van der Waals surface area contributed by atoms with Crippen LogP contribution in [0.25, 0.3) is 11.3 Å². The summed E-state index contributed by atoms with van der Waals surface area (Å²) in [6.07, 6.45) is 5.22. The predicted molar refractivity (Wildman–Crippen MR) is 71.8 cm³/mol. The van der Waals surface area contributed by atoms with Crippen LogP contribution >= 0.6 is 23.1 Å². The van der Waals surface area contributed by atoms with E-state index in [9.17, 15) is 0 Å². The molecular weight excluding hydrogens is 234 g/mol. The highest BCUT2D eigenvalue weighted by Gasteiger charge is 2.03. The molecule has 0 radical (unpaired) electrons. The largest absolute Gasteiger partial charge is 0.230 e. The van der Waals surface area contributed by atoms with Crippen molar-refractivity contribution in [1.29, 1.82) is 0 Å². The highest BCUT2D eigenvalue weighted by atomic mass is 32.2. The SMILES string of the molecule is C#CCSc1nc(-c2ccc(C)cc2)cs1. The third-order valence-electron chi connectivity index (χ3n) is 2.11. The third-order valence-corrected chi connectivity index (χ3v) is 4.03. The minimum absolute atomic E-state index is 0.681. The normalized spacial score (nSPS) is 10.0. The molecular formula is C13H11NS2. The predicted octanol–water partition coefficient (Wildman–Crippen LogP) is 3.84. The van der Waals surface area contributed by atoms with E-state index in [-0.39, 0.29) is 0 Å². The molecule has 0 saturated heterocycles. The Morgan fingerprint density at radius 1 is 1.38 bits per heavy atom. The lowest BCUT2D eigenvalue weighted by atomic mass is 10.1. The van der Waals surface area contributed by atoms with Crippen molar-refractivity contribution >= 4 is 23.1 Å². The van der Waals surface area contributed by atoms with Gasteiger partial charge in [0.05, 0.1) is 11.4 Å². The van der Waals surface area contributed by atoms with Crippen LogP contribution in [0, 0.1) is 19.3 Å². The van der Waals surface area contributed by atoms with Gasteiger partial charge in [-0.15, -0.1) is 17.8 Å². The summed E-state index contributed by atoms with van der Waals surface area (Å²) < 4.78 is 1.04. The van der Waals surface area contributed by atoms with Crippen LogP contribution in [-0.2, 0) is 0 Å². The van der Waals surface area contributed by atoms with Gasteiger partial charge in [-0.2, -0.15) is 0 Å². The van der Waals surface area contributed by atoms with Crippen molar-refractivity contribution in [2.75, 3.05) is 5.75 Å². The summed E-state index contributed by atoms with van der Waals surface area (Å²) in [6.45, 7) is 2.08. The first-order valence-electron chi connectivity index (χ1n) is 4.88. The van der Waals surface area contributed by atoms with Gasteiger partial charge < -0.3 is 0 Å². The zero-order valence-corrected chi connectivity index (χ0v) is 10.6. The van der Waals surface area contributed by atoms with E-state index in [1.807, 2.05) is 0 Å². The van der Waals surface area contributed by atoms with Crippen molar-refractivity contribution in [3.05, 3.63) is 35.2 Å². The molecule has 0 saturated carbocycles. The minimum atomic E-state index is 0.681. The fourth-order valence-electron chi connectivity index (χ4n) is 1.28. The molecule has 0 N–H and O–H groups in total. The van der Waals surface area contributed by atoms with Crippen LogP contribution in [0.3, 0.4) is 0 Å². The summed E-state index contributed by atoms with van der Waals surface area (Å²) in [5, 5.41) is 2.07. The van der Waals surface area contributed by atoms with Gasteiger partial charge in [-0.05, 0) is 6.92 Å². The summed E-state index contributed by atoms with van der Waals surface area (Å²) in [6, 6.07) is 8.39. The lowest BCUT2D eigenvalue weighted by molar-refractivity contribution is 1.25. The van der Waals surface area contributed by atoms with E-state index < -0.39 is 0 Å². The number of hydrogen-bond acceptors (Lipinski definition) is 3. The number of aromatic nitrogens is 1. The van der Waals surface area contributed by atoms with E-state index >= 15 is 0 Å². The maximum atomic E-state index is 5.22. The number of aryl methyl sites for hydroxylation is 1. The highest BCUT2D eigenvalue weighted by molar-refractivity contribution is 8.01. The summed E-state index contributed by atoms with van der Waals surface area (Å²) in [7, 11) is 0. The van der Waals surface area contributed by atoms with Gasteiger partial charge >= 0.3 is 0 Å². The summed E-state index contributed by atoms with van der Waals surface area (Å²) >= 11 is 3.26. The molecule has 0 fully saturated rings. The highest BCUT2D eigenvalue weighted by Crippen LogP contribution is 2.27. The summed E-state index contributed by atoms with van der Waals surface area (Å²) in [5.41, 5.74) is 3.46. The summed E-state index contributed by atoms with van der Waals surface area (Å²) in [5.74, 6) is 3.28. The maximum absolute atomic E-state index is 5.22. The molecule has 0 unspecified atom stereocenters. The van der Waals surface area contributed by atoms with Crippen LogP contribution < -0.4 is 0 Å². The van der Waals surface area contributed by atoms with Crippen LogP contribution in [0.15, 0.2) is 34.0 Å². The first-order valence-corrected chi connectivity index (χ1v) is 6.75. The van der Waals surface area contributed by atoms with E-state index in [1.165, 1.54) is 5.56 Å². The van der Waals surface area contributed by atoms with Crippen LogP contribution in [-0.4, -0.2) is 10.7 Å². The van der Waals surface area contributed by atoms with Crippen LogP contribution in [0.5, 0.6) is 0 Å². The van der Waals surface area contributed by atoms with E-state index in [4.69, 9.17) is 6.42 Å². The summed E-state index contributed by atoms with van der Waals surface area (Å²) in [4.78, 5) is 4.53. The molecule has 1 nitrogen and oxygen atoms in total. The number of benzene rings is 1. The Balaban J connectivity index is 2.18. The zero-order valence-electron chi connectivity index (χ0n) is 8.93. The quantitative estimate of drug-likeness (QED) is 0.602.